The number of para-hydroxylation sites is 1. The summed E-state index contributed by atoms with van der Waals surface area (Å²) >= 11 is 0. The highest BCUT2D eigenvalue weighted by Crippen LogP contribution is 2.52. The van der Waals surface area contributed by atoms with Crippen LogP contribution < -0.4 is 9.64 Å². The smallest absolute Gasteiger partial charge is 0.185 e. The lowest BCUT2D eigenvalue weighted by molar-refractivity contribution is 0.152. The average molecular weight is 578 g/mol. The lowest BCUT2D eigenvalue weighted by atomic mass is 9.75. The van der Waals surface area contributed by atoms with E-state index in [9.17, 15) is 0 Å². The Hall–Kier alpha value is -5.86. The minimum atomic E-state index is -0.806. The molecule has 1 aliphatic heterocycles. The van der Waals surface area contributed by atoms with Crippen molar-refractivity contribution in [3.63, 3.8) is 0 Å². The second-order valence-corrected chi connectivity index (χ2v) is 11.3. The molecule has 2 nitrogen and oxygen atoms in total. The predicted octanol–water partition coefficient (Wildman–Crippen LogP) is 11.2. The molecule has 2 heteroatoms. The third-order valence-corrected chi connectivity index (χ3v) is 8.69. The zero-order valence-corrected chi connectivity index (χ0v) is 24.8. The Kier molecular flexibility index (Phi) is 6.73. The van der Waals surface area contributed by atoms with Gasteiger partial charge in [0.25, 0.3) is 0 Å². The first-order chi connectivity index (χ1) is 22.3. The van der Waals surface area contributed by atoms with Gasteiger partial charge in [-0.25, -0.2) is 0 Å². The van der Waals surface area contributed by atoms with E-state index in [1.54, 1.807) is 0 Å². The highest BCUT2D eigenvalue weighted by Gasteiger charge is 2.44. The standard InChI is InChI=1S/C43H31NO/c1-5-15-32(16-6-1)33-25-27-37(28-26-33)44(36-21-11-4-12-22-36)38-29-30-40-39-23-13-14-24-41(39)43(45-42(40)31-38,34-17-7-2-8-18-34)35-19-9-3-10-20-35/h1-31H. The maximum atomic E-state index is 7.33. The SMILES string of the molecule is c1ccc(-c2ccc(N(c3ccccc3)c3ccc4c(c3)OC(c3ccccc3)(c3ccccc3)c3ccccc3-4)cc2)cc1. The van der Waals surface area contributed by atoms with Crippen LogP contribution >= 0.6 is 0 Å². The fraction of sp³-hybridized carbons (Fsp3) is 0.0233. The first-order valence-corrected chi connectivity index (χ1v) is 15.4. The van der Waals surface area contributed by atoms with Gasteiger partial charge in [0.2, 0.25) is 0 Å². The summed E-state index contributed by atoms with van der Waals surface area (Å²) < 4.78 is 7.33. The Morgan fingerprint density at radius 1 is 0.378 bits per heavy atom. The molecular weight excluding hydrogens is 546 g/mol. The van der Waals surface area contributed by atoms with Gasteiger partial charge >= 0.3 is 0 Å². The molecule has 0 saturated carbocycles. The fourth-order valence-electron chi connectivity index (χ4n) is 6.60. The molecule has 0 aliphatic carbocycles. The van der Waals surface area contributed by atoms with Crippen LogP contribution in [-0.2, 0) is 5.60 Å². The average Bonchev–Trinajstić information content (AvgIpc) is 3.13. The Labute approximate surface area is 264 Å². The maximum absolute atomic E-state index is 7.33. The van der Waals surface area contributed by atoms with Crippen LogP contribution in [-0.4, -0.2) is 0 Å². The van der Waals surface area contributed by atoms with Gasteiger partial charge in [-0.05, 0) is 53.1 Å². The summed E-state index contributed by atoms with van der Waals surface area (Å²) in [5.41, 5.74) is 10.4. The van der Waals surface area contributed by atoms with Gasteiger partial charge in [0.15, 0.2) is 5.60 Å². The number of rotatable bonds is 6. The molecule has 8 rings (SSSR count). The van der Waals surface area contributed by atoms with Crippen LogP contribution in [0.2, 0.25) is 0 Å². The quantitative estimate of drug-likeness (QED) is 0.195. The molecule has 0 amide bonds. The monoisotopic (exact) mass is 577 g/mol. The largest absolute Gasteiger partial charge is 0.472 e. The second-order valence-electron chi connectivity index (χ2n) is 11.3. The highest BCUT2D eigenvalue weighted by molar-refractivity contribution is 5.85. The first-order valence-electron chi connectivity index (χ1n) is 15.4. The highest BCUT2D eigenvalue weighted by atomic mass is 16.5. The Morgan fingerprint density at radius 3 is 1.51 bits per heavy atom. The molecule has 0 unspecified atom stereocenters. The summed E-state index contributed by atoms with van der Waals surface area (Å²) in [5, 5.41) is 0. The van der Waals surface area contributed by atoms with E-state index in [1.807, 2.05) is 0 Å². The molecule has 0 atom stereocenters. The second kappa shape index (κ2) is 11.3. The van der Waals surface area contributed by atoms with Crippen molar-refractivity contribution in [2.75, 3.05) is 4.90 Å². The summed E-state index contributed by atoms with van der Waals surface area (Å²) in [6.07, 6.45) is 0. The topological polar surface area (TPSA) is 12.5 Å². The molecule has 1 heterocycles. The van der Waals surface area contributed by atoms with Gasteiger partial charge in [-0.2, -0.15) is 0 Å². The van der Waals surface area contributed by atoms with Crippen molar-refractivity contribution < 1.29 is 4.74 Å². The zero-order valence-electron chi connectivity index (χ0n) is 24.8. The van der Waals surface area contributed by atoms with Crippen molar-refractivity contribution in [2.45, 2.75) is 5.60 Å². The fourth-order valence-corrected chi connectivity index (χ4v) is 6.60. The van der Waals surface area contributed by atoms with Gasteiger partial charge in [0.1, 0.15) is 5.75 Å². The van der Waals surface area contributed by atoms with E-state index in [0.717, 1.165) is 45.1 Å². The maximum Gasteiger partial charge on any atom is 0.185 e. The number of ether oxygens (including phenoxy) is 1. The van der Waals surface area contributed by atoms with E-state index < -0.39 is 5.60 Å². The Bertz CT molecular complexity index is 2020. The van der Waals surface area contributed by atoms with Crippen molar-refractivity contribution in [1.82, 2.24) is 0 Å². The number of nitrogens with zero attached hydrogens (tertiary/aromatic N) is 1. The molecule has 0 bridgehead atoms. The molecule has 0 aromatic heterocycles. The van der Waals surface area contributed by atoms with Crippen molar-refractivity contribution in [3.8, 4) is 28.0 Å². The van der Waals surface area contributed by atoms with Crippen molar-refractivity contribution in [2.24, 2.45) is 0 Å². The van der Waals surface area contributed by atoms with Crippen molar-refractivity contribution >= 4 is 17.1 Å². The van der Waals surface area contributed by atoms with E-state index in [0.29, 0.717) is 0 Å². The molecular formula is C43H31NO. The number of benzene rings is 7. The van der Waals surface area contributed by atoms with Crippen LogP contribution in [0.5, 0.6) is 5.75 Å². The van der Waals surface area contributed by atoms with Gasteiger partial charge in [0.05, 0.1) is 0 Å². The van der Waals surface area contributed by atoms with Crippen LogP contribution in [0.1, 0.15) is 16.7 Å². The molecule has 0 saturated heterocycles. The number of hydrogen-bond acceptors (Lipinski definition) is 2. The van der Waals surface area contributed by atoms with Crippen molar-refractivity contribution in [1.29, 1.82) is 0 Å². The van der Waals surface area contributed by atoms with E-state index in [2.05, 4.69) is 193 Å². The van der Waals surface area contributed by atoms with Crippen LogP contribution in [0.15, 0.2) is 188 Å². The lowest BCUT2D eigenvalue weighted by Gasteiger charge is -2.41. The van der Waals surface area contributed by atoms with Crippen LogP contribution in [0.25, 0.3) is 22.3 Å². The molecule has 7 aromatic carbocycles. The predicted molar refractivity (Wildman–Crippen MR) is 185 cm³/mol. The summed E-state index contributed by atoms with van der Waals surface area (Å²) in [5.74, 6) is 0.848. The van der Waals surface area contributed by atoms with E-state index in [-0.39, 0.29) is 0 Å². The minimum Gasteiger partial charge on any atom is -0.472 e. The number of fused-ring (bicyclic) bond motifs is 3. The van der Waals surface area contributed by atoms with Gasteiger partial charge in [-0.3, -0.25) is 0 Å². The molecule has 0 fully saturated rings. The third kappa shape index (κ3) is 4.68. The van der Waals surface area contributed by atoms with E-state index in [4.69, 9.17) is 4.74 Å². The molecule has 1 aliphatic rings. The van der Waals surface area contributed by atoms with E-state index >= 15 is 0 Å². The first kappa shape index (κ1) is 26.7. The van der Waals surface area contributed by atoms with Gasteiger partial charge in [0, 0.05) is 45.4 Å². The summed E-state index contributed by atoms with van der Waals surface area (Å²) in [7, 11) is 0. The third-order valence-electron chi connectivity index (χ3n) is 8.69. The molecule has 0 radical (unpaired) electrons. The molecule has 7 aromatic rings. The summed E-state index contributed by atoms with van der Waals surface area (Å²) in [6.45, 7) is 0. The summed E-state index contributed by atoms with van der Waals surface area (Å²) in [4.78, 5) is 2.30. The molecule has 0 N–H and O–H groups in total. The Balaban J connectivity index is 1.30. The van der Waals surface area contributed by atoms with Gasteiger partial charge < -0.3 is 9.64 Å². The number of hydrogen-bond donors (Lipinski definition) is 0. The van der Waals surface area contributed by atoms with Gasteiger partial charge in [-0.1, -0.05) is 146 Å². The molecule has 214 valence electrons. The summed E-state index contributed by atoms with van der Waals surface area (Å²) in [6, 6.07) is 66.2. The normalized spacial score (nSPS) is 12.8. The van der Waals surface area contributed by atoms with Gasteiger partial charge in [-0.15, -0.1) is 0 Å². The molecule has 0 spiro atoms. The zero-order chi connectivity index (χ0) is 30.1. The van der Waals surface area contributed by atoms with E-state index in [1.165, 1.54) is 16.7 Å². The van der Waals surface area contributed by atoms with Crippen molar-refractivity contribution in [3.05, 3.63) is 205 Å². The lowest BCUT2D eigenvalue weighted by Crippen LogP contribution is -2.38. The molecule has 45 heavy (non-hydrogen) atoms. The van der Waals surface area contributed by atoms with Crippen LogP contribution in [0.4, 0.5) is 17.1 Å². The number of anilines is 3. The van der Waals surface area contributed by atoms with Crippen LogP contribution in [0, 0.1) is 0 Å². The Morgan fingerprint density at radius 2 is 0.867 bits per heavy atom. The van der Waals surface area contributed by atoms with Crippen LogP contribution in [0.3, 0.4) is 0 Å². The minimum absolute atomic E-state index is 0.806.